The first-order valence-electron chi connectivity index (χ1n) is 6.86. The quantitative estimate of drug-likeness (QED) is 0.597. The zero-order valence-corrected chi connectivity index (χ0v) is 16.9. The lowest BCUT2D eigenvalue weighted by Gasteiger charge is -2.22. The number of aromatic nitrogens is 2. The molecule has 0 aliphatic carbocycles. The first kappa shape index (κ1) is 17.5. The number of hydrogen-bond acceptors (Lipinski definition) is 3. The number of nitrogens with zero attached hydrogens (tertiary/aromatic N) is 2. The molecule has 0 radical (unpaired) electrons. The van der Waals surface area contributed by atoms with E-state index in [1.165, 1.54) is 5.56 Å². The highest BCUT2D eigenvalue weighted by molar-refractivity contribution is 9.12. The molecule has 0 saturated carbocycles. The first-order valence-corrected chi connectivity index (χ1v) is 9.64. The number of hydrogen-bond donors (Lipinski definition) is 1. The fraction of sp³-hybridized carbons (Fsp3) is 0.500. The van der Waals surface area contributed by atoms with E-state index in [4.69, 9.17) is 11.6 Å². The first-order chi connectivity index (χ1) is 9.95. The Balaban J connectivity index is 2.50. The molecule has 7 heteroatoms. The second kappa shape index (κ2) is 7.59. The van der Waals surface area contributed by atoms with Gasteiger partial charge in [0.25, 0.3) is 0 Å². The van der Waals surface area contributed by atoms with Crippen molar-refractivity contribution in [2.75, 3.05) is 6.54 Å². The lowest BCUT2D eigenvalue weighted by atomic mass is 10.1. The minimum absolute atomic E-state index is 0.0271. The largest absolute Gasteiger partial charge is 0.305 e. The van der Waals surface area contributed by atoms with Gasteiger partial charge in [0.2, 0.25) is 0 Å². The van der Waals surface area contributed by atoms with E-state index in [1.54, 1.807) is 17.5 Å². The standard InChI is InChI=1S/C14H18Br2ClN3S/c1-4-5-18-12(9-6-11(15)21-14(9)16)13-10(17)7-19-20(13)8(2)3/h6-8,12,18H,4-5H2,1-3H3. The van der Waals surface area contributed by atoms with Gasteiger partial charge in [0.1, 0.15) is 0 Å². The molecule has 2 rings (SSSR count). The summed E-state index contributed by atoms with van der Waals surface area (Å²) < 4.78 is 4.20. The summed E-state index contributed by atoms with van der Waals surface area (Å²) in [5.41, 5.74) is 2.20. The number of halogens is 3. The molecule has 0 aliphatic rings. The molecule has 0 fully saturated rings. The second-order valence-corrected chi connectivity index (χ2v) is 9.24. The van der Waals surface area contributed by atoms with Gasteiger partial charge >= 0.3 is 0 Å². The van der Waals surface area contributed by atoms with Crippen LogP contribution in [0.1, 0.15) is 50.5 Å². The zero-order chi connectivity index (χ0) is 15.6. The van der Waals surface area contributed by atoms with Gasteiger partial charge in [0, 0.05) is 11.6 Å². The molecule has 0 spiro atoms. The maximum absolute atomic E-state index is 6.42. The summed E-state index contributed by atoms with van der Waals surface area (Å²) in [5, 5.41) is 8.72. The summed E-state index contributed by atoms with van der Waals surface area (Å²) in [7, 11) is 0. The molecule has 116 valence electrons. The summed E-state index contributed by atoms with van der Waals surface area (Å²) in [4.78, 5) is 0. The highest BCUT2D eigenvalue weighted by Gasteiger charge is 2.25. The highest BCUT2D eigenvalue weighted by Crippen LogP contribution is 2.40. The van der Waals surface area contributed by atoms with E-state index >= 15 is 0 Å². The third kappa shape index (κ3) is 3.91. The van der Waals surface area contributed by atoms with Gasteiger partial charge in [-0.1, -0.05) is 18.5 Å². The van der Waals surface area contributed by atoms with Crippen LogP contribution in [0.3, 0.4) is 0 Å². The van der Waals surface area contributed by atoms with Crippen molar-refractivity contribution in [3.8, 4) is 0 Å². The van der Waals surface area contributed by atoms with Gasteiger partial charge in [0.15, 0.2) is 0 Å². The molecule has 0 bridgehead atoms. The van der Waals surface area contributed by atoms with Crippen molar-refractivity contribution in [2.24, 2.45) is 0 Å². The monoisotopic (exact) mass is 453 g/mol. The predicted molar refractivity (Wildman–Crippen MR) is 97.5 cm³/mol. The minimum atomic E-state index is 0.0271. The van der Waals surface area contributed by atoms with Crippen molar-refractivity contribution < 1.29 is 0 Å². The number of rotatable bonds is 6. The maximum atomic E-state index is 6.42. The van der Waals surface area contributed by atoms with Gasteiger partial charge in [-0.25, -0.2) is 0 Å². The molecule has 0 amide bonds. The van der Waals surface area contributed by atoms with E-state index in [9.17, 15) is 0 Å². The molecular formula is C14H18Br2ClN3S. The van der Waals surface area contributed by atoms with E-state index in [2.05, 4.69) is 69.1 Å². The summed E-state index contributed by atoms with van der Waals surface area (Å²) >= 11 is 15.3. The van der Waals surface area contributed by atoms with Crippen LogP contribution >= 0.6 is 54.8 Å². The average Bonchev–Trinajstić information content (AvgIpc) is 2.94. The summed E-state index contributed by atoms with van der Waals surface area (Å²) in [6, 6.07) is 2.43. The van der Waals surface area contributed by atoms with Crippen molar-refractivity contribution >= 4 is 54.8 Å². The summed E-state index contributed by atoms with van der Waals surface area (Å²) in [6.45, 7) is 7.30. The van der Waals surface area contributed by atoms with Crippen LogP contribution in [0.2, 0.25) is 5.02 Å². The highest BCUT2D eigenvalue weighted by atomic mass is 79.9. The second-order valence-electron chi connectivity index (χ2n) is 5.08. The Morgan fingerprint density at radius 3 is 2.67 bits per heavy atom. The van der Waals surface area contributed by atoms with Gasteiger partial charge in [-0.15, -0.1) is 11.3 Å². The SMILES string of the molecule is CCCNC(c1cc(Br)sc1Br)c1c(Cl)cnn1C(C)C. The van der Waals surface area contributed by atoms with Crippen molar-refractivity contribution in [2.45, 2.75) is 39.3 Å². The molecular weight excluding hydrogens is 438 g/mol. The van der Waals surface area contributed by atoms with Crippen LogP contribution in [0.25, 0.3) is 0 Å². The Bertz CT molecular complexity index is 609. The fourth-order valence-electron chi connectivity index (χ4n) is 2.22. The van der Waals surface area contributed by atoms with Crippen molar-refractivity contribution in [3.05, 3.63) is 36.1 Å². The van der Waals surface area contributed by atoms with Crippen LogP contribution in [-0.2, 0) is 0 Å². The lowest BCUT2D eigenvalue weighted by Crippen LogP contribution is -2.26. The third-order valence-corrected chi connectivity index (χ3v) is 5.82. The number of thiophene rings is 1. The van der Waals surface area contributed by atoms with Gasteiger partial charge in [-0.2, -0.15) is 5.10 Å². The van der Waals surface area contributed by atoms with E-state index in [-0.39, 0.29) is 12.1 Å². The number of nitrogens with one attached hydrogen (secondary N) is 1. The van der Waals surface area contributed by atoms with Crippen LogP contribution in [0.15, 0.2) is 19.8 Å². The van der Waals surface area contributed by atoms with Gasteiger partial charge in [0.05, 0.1) is 30.5 Å². The van der Waals surface area contributed by atoms with Gasteiger partial charge in [-0.05, 0) is 64.7 Å². The molecule has 1 unspecified atom stereocenters. The molecule has 0 aromatic carbocycles. The zero-order valence-electron chi connectivity index (χ0n) is 12.2. The molecule has 0 saturated heterocycles. The minimum Gasteiger partial charge on any atom is -0.305 e. The van der Waals surface area contributed by atoms with E-state index in [1.807, 2.05) is 4.68 Å². The average molecular weight is 456 g/mol. The van der Waals surface area contributed by atoms with Gasteiger partial charge < -0.3 is 5.32 Å². The Hall–Kier alpha value is 0.120. The summed E-state index contributed by atoms with van der Waals surface area (Å²) in [5.74, 6) is 0. The van der Waals surface area contributed by atoms with Crippen molar-refractivity contribution in [1.82, 2.24) is 15.1 Å². The predicted octanol–water partition coefficient (Wildman–Crippen LogP) is 5.79. The molecule has 2 heterocycles. The smallest absolute Gasteiger partial charge is 0.0837 e. The van der Waals surface area contributed by atoms with Crippen LogP contribution in [0.4, 0.5) is 0 Å². The normalized spacial score (nSPS) is 13.1. The molecule has 0 aliphatic heterocycles. The Labute approximate surface area is 151 Å². The topological polar surface area (TPSA) is 29.9 Å². The van der Waals surface area contributed by atoms with Crippen LogP contribution in [0.5, 0.6) is 0 Å². The van der Waals surface area contributed by atoms with E-state index in [0.717, 1.165) is 26.2 Å². The molecule has 1 atom stereocenters. The Morgan fingerprint density at radius 1 is 1.43 bits per heavy atom. The molecule has 2 aromatic rings. The Kier molecular flexibility index (Phi) is 6.32. The van der Waals surface area contributed by atoms with E-state index in [0.29, 0.717) is 5.02 Å². The summed E-state index contributed by atoms with van der Waals surface area (Å²) in [6.07, 6.45) is 2.79. The third-order valence-electron chi connectivity index (χ3n) is 3.14. The van der Waals surface area contributed by atoms with Gasteiger partial charge in [-0.3, -0.25) is 4.68 Å². The molecule has 21 heavy (non-hydrogen) atoms. The van der Waals surface area contributed by atoms with E-state index < -0.39 is 0 Å². The van der Waals surface area contributed by atoms with Crippen molar-refractivity contribution in [3.63, 3.8) is 0 Å². The lowest BCUT2D eigenvalue weighted by molar-refractivity contribution is 0.472. The van der Waals surface area contributed by atoms with Crippen LogP contribution in [-0.4, -0.2) is 16.3 Å². The van der Waals surface area contributed by atoms with Crippen LogP contribution < -0.4 is 5.32 Å². The molecule has 2 aromatic heterocycles. The molecule has 3 nitrogen and oxygen atoms in total. The fourth-order valence-corrected chi connectivity index (χ4v) is 5.37. The molecule has 1 N–H and O–H groups in total. The van der Waals surface area contributed by atoms with Crippen molar-refractivity contribution in [1.29, 1.82) is 0 Å². The maximum Gasteiger partial charge on any atom is 0.0837 e. The van der Waals surface area contributed by atoms with Crippen LogP contribution in [0, 0.1) is 0 Å². The Morgan fingerprint density at radius 2 is 2.14 bits per heavy atom.